The van der Waals surface area contributed by atoms with Gasteiger partial charge in [0.2, 0.25) is 0 Å². The van der Waals surface area contributed by atoms with Crippen molar-refractivity contribution in [1.29, 1.82) is 0 Å². The third-order valence-corrected chi connectivity index (χ3v) is 3.39. The number of imidazole rings is 1. The predicted octanol–water partition coefficient (Wildman–Crippen LogP) is 3.71. The Labute approximate surface area is 142 Å². The van der Waals surface area contributed by atoms with Crippen LogP contribution in [0.5, 0.6) is 0 Å². The summed E-state index contributed by atoms with van der Waals surface area (Å²) < 4.78 is 28.1. The number of fused-ring (bicyclic) bond motifs is 1. The molecule has 3 rings (SSSR count). The summed E-state index contributed by atoms with van der Waals surface area (Å²) in [6.07, 6.45) is 5.50. The van der Waals surface area contributed by atoms with Crippen molar-refractivity contribution >= 4 is 21.2 Å². The zero-order chi connectivity index (χ0) is 17.6. The molecule has 1 atom stereocenters. The molecule has 0 amide bonds. The third-order valence-electron chi connectivity index (χ3n) is 3.39. The van der Waals surface area contributed by atoms with Crippen molar-refractivity contribution in [2.75, 3.05) is 6.26 Å². The lowest BCUT2D eigenvalue weighted by atomic mass is 10.0. The van der Waals surface area contributed by atoms with Crippen LogP contribution in [0.4, 0.5) is 0 Å². The van der Waals surface area contributed by atoms with Gasteiger partial charge in [-0.3, -0.25) is 4.55 Å². The maximum atomic E-state index is 9.19. The van der Waals surface area contributed by atoms with Crippen LogP contribution in [0.3, 0.4) is 0 Å². The van der Waals surface area contributed by atoms with Gasteiger partial charge in [0, 0.05) is 0 Å². The lowest BCUT2D eigenvalue weighted by molar-refractivity contribution is 0.490. The molecule has 0 fully saturated rings. The van der Waals surface area contributed by atoms with Gasteiger partial charge < -0.3 is 4.57 Å². The molecular weight excluding hydrogens is 324 g/mol. The minimum atomic E-state index is -3.67. The standard InChI is InChI=1S/C17H16N2.CH4O3S/c1-2-8-16(14-9-4-3-5-10-14)19-13-18-15-11-6-7-12-17(15)19;1-5(2,3)4/h2-7,9-13,16H,1,8H2;1H3,(H,2,3,4). The number of hydrogen-bond acceptors (Lipinski definition) is 3. The Morgan fingerprint density at radius 3 is 2.38 bits per heavy atom. The minimum absolute atomic E-state index is 0.256. The maximum Gasteiger partial charge on any atom is 0.261 e. The molecule has 0 saturated carbocycles. The van der Waals surface area contributed by atoms with Gasteiger partial charge in [-0.1, -0.05) is 48.5 Å². The maximum absolute atomic E-state index is 9.19. The molecular formula is C18H20N2O3S. The molecule has 0 aliphatic heterocycles. The van der Waals surface area contributed by atoms with E-state index < -0.39 is 10.1 Å². The fourth-order valence-corrected chi connectivity index (χ4v) is 2.47. The molecule has 24 heavy (non-hydrogen) atoms. The summed E-state index contributed by atoms with van der Waals surface area (Å²) in [4.78, 5) is 4.48. The van der Waals surface area contributed by atoms with Gasteiger partial charge in [-0.2, -0.15) is 8.42 Å². The zero-order valence-corrected chi connectivity index (χ0v) is 14.2. The van der Waals surface area contributed by atoms with E-state index in [1.165, 1.54) is 11.1 Å². The number of nitrogens with zero attached hydrogens (tertiary/aromatic N) is 2. The Morgan fingerprint density at radius 1 is 1.17 bits per heavy atom. The van der Waals surface area contributed by atoms with Gasteiger partial charge in [-0.25, -0.2) is 4.98 Å². The average Bonchev–Trinajstić information content (AvgIpc) is 2.96. The third kappa shape index (κ3) is 5.04. The molecule has 2 aromatic carbocycles. The minimum Gasteiger partial charge on any atom is -0.323 e. The highest BCUT2D eigenvalue weighted by atomic mass is 32.2. The molecule has 0 aliphatic rings. The topological polar surface area (TPSA) is 72.2 Å². The second-order valence-electron chi connectivity index (χ2n) is 5.32. The fourth-order valence-electron chi connectivity index (χ4n) is 2.47. The summed E-state index contributed by atoms with van der Waals surface area (Å²) in [5.41, 5.74) is 3.48. The van der Waals surface area contributed by atoms with E-state index in [1.807, 2.05) is 30.6 Å². The van der Waals surface area contributed by atoms with E-state index in [0.29, 0.717) is 6.26 Å². The number of rotatable bonds is 4. The lowest BCUT2D eigenvalue weighted by Crippen LogP contribution is -2.08. The first-order valence-electron chi connectivity index (χ1n) is 7.40. The molecule has 1 N–H and O–H groups in total. The molecule has 0 aliphatic carbocycles. The molecule has 3 aromatic rings. The molecule has 0 spiro atoms. The van der Waals surface area contributed by atoms with Crippen LogP contribution in [0.2, 0.25) is 0 Å². The fraction of sp³-hybridized carbons (Fsp3) is 0.167. The van der Waals surface area contributed by atoms with E-state index in [2.05, 4.69) is 52.5 Å². The molecule has 1 aromatic heterocycles. The number of hydrogen-bond donors (Lipinski definition) is 1. The molecule has 6 heteroatoms. The summed E-state index contributed by atoms with van der Waals surface area (Å²) in [5.74, 6) is 0. The van der Waals surface area contributed by atoms with Gasteiger partial charge in [0.1, 0.15) is 0 Å². The van der Waals surface area contributed by atoms with Gasteiger partial charge in [0.05, 0.1) is 29.7 Å². The molecule has 5 nitrogen and oxygen atoms in total. The molecule has 0 saturated heterocycles. The Morgan fingerprint density at radius 2 is 1.75 bits per heavy atom. The summed E-state index contributed by atoms with van der Waals surface area (Å²) in [5, 5.41) is 0. The molecule has 1 unspecified atom stereocenters. The molecule has 126 valence electrons. The number of para-hydroxylation sites is 2. The van der Waals surface area contributed by atoms with Gasteiger partial charge in [0.25, 0.3) is 10.1 Å². The monoisotopic (exact) mass is 344 g/mol. The smallest absolute Gasteiger partial charge is 0.261 e. The van der Waals surface area contributed by atoms with E-state index in [9.17, 15) is 8.42 Å². The van der Waals surface area contributed by atoms with Crippen LogP contribution >= 0.6 is 0 Å². The van der Waals surface area contributed by atoms with Crippen LogP contribution in [-0.2, 0) is 10.1 Å². The highest BCUT2D eigenvalue weighted by Crippen LogP contribution is 2.26. The largest absolute Gasteiger partial charge is 0.323 e. The van der Waals surface area contributed by atoms with Crippen molar-refractivity contribution in [3.05, 3.63) is 79.1 Å². The van der Waals surface area contributed by atoms with Gasteiger partial charge in [0.15, 0.2) is 0 Å². The van der Waals surface area contributed by atoms with Crippen LogP contribution in [0, 0.1) is 0 Å². The summed E-state index contributed by atoms with van der Waals surface area (Å²) >= 11 is 0. The van der Waals surface area contributed by atoms with E-state index in [-0.39, 0.29) is 6.04 Å². The normalized spacial score (nSPS) is 12.2. The van der Waals surface area contributed by atoms with E-state index in [0.717, 1.165) is 11.9 Å². The Bertz CT molecular complexity index is 894. The van der Waals surface area contributed by atoms with Crippen molar-refractivity contribution < 1.29 is 13.0 Å². The van der Waals surface area contributed by atoms with Crippen molar-refractivity contribution in [2.24, 2.45) is 0 Å². The van der Waals surface area contributed by atoms with Crippen LogP contribution in [0.25, 0.3) is 11.0 Å². The van der Waals surface area contributed by atoms with E-state index >= 15 is 0 Å². The van der Waals surface area contributed by atoms with Crippen molar-refractivity contribution in [1.82, 2.24) is 9.55 Å². The van der Waals surface area contributed by atoms with Gasteiger partial charge in [-0.05, 0) is 24.1 Å². The first-order chi connectivity index (χ1) is 11.4. The Hall–Kier alpha value is -2.44. The van der Waals surface area contributed by atoms with Gasteiger partial charge >= 0.3 is 0 Å². The molecule has 0 bridgehead atoms. The van der Waals surface area contributed by atoms with Crippen molar-refractivity contribution in [3.8, 4) is 0 Å². The summed E-state index contributed by atoms with van der Waals surface area (Å²) in [6.45, 7) is 3.88. The SMILES string of the molecule is C=CCC(c1ccccc1)n1cnc2ccccc21.CS(=O)(=O)O. The summed E-state index contributed by atoms with van der Waals surface area (Å²) in [7, 11) is -3.67. The van der Waals surface area contributed by atoms with Crippen LogP contribution in [-0.4, -0.2) is 28.8 Å². The molecule has 0 radical (unpaired) electrons. The molecule has 1 heterocycles. The lowest BCUT2D eigenvalue weighted by Gasteiger charge is -2.18. The van der Waals surface area contributed by atoms with Gasteiger partial charge in [-0.15, -0.1) is 6.58 Å². The highest BCUT2D eigenvalue weighted by Gasteiger charge is 2.14. The quantitative estimate of drug-likeness (QED) is 0.578. The highest BCUT2D eigenvalue weighted by molar-refractivity contribution is 7.85. The number of allylic oxidation sites excluding steroid dienone is 1. The Kier molecular flexibility index (Phi) is 5.89. The second-order valence-corrected chi connectivity index (χ2v) is 6.79. The number of benzene rings is 2. The van der Waals surface area contributed by atoms with Crippen molar-refractivity contribution in [3.63, 3.8) is 0 Å². The first-order valence-corrected chi connectivity index (χ1v) is 9.25. The van der Waals surface area contributed by atoms with E-state index in [1.54, 1.807) is 0 Å². The Balaban J connectivity index is 0.000000368. The number of aromatic nitrogens is 2. The van der Waals surface area contributed by atoms with Crippen LogP contribution in [0.1, 0.15) is 18.0 Å². The van der Waals surface area contributed by atoms with Crippen LogP contribution < -0.4 is 0 Å². The van der Waals surface area contributed by atoms with Crippen molar-refractivity contribution in [2.45, 2.75) is 12.5 Å². The predicted molar refractivity (Wildman–Crippen MR) is 96.6 cm³/mol. The second kappa shape index (κ2) is 7.90. The van der Waals surface area contributed by atoms with E-state index in [4.69, 9.17) is 4.55 Å². The average molecular weight is 344 g/mol. The summed E-state index contributed by atoms with van der Waals surface area (Å²) in [6, 6.07) is 19.0. The zero-order valence-electron chi connectivity index (χ0n) is 13.4. The first kappa shape index (κ1) is 17.9. The van der Waals surface area contributed by atoms with Crippen LogP contribution in [0.15, 0.2) is 73.6 Å².